The van der Waals surface area contributed by atoms with Crippen molar-refractivity contribution in [2.45, 2.75) is 6.54 Å². The van der Waals surface area contributed by atoms with Crippen LogP contribution in [-0.2, 0) is 6.54 Å². The number of fused-ring (bicyclic) bond motifs is 1. The summed E-state index contributed by atoms with van der Waals surface area (Å²) in [7, 11) is 2.12. The van der Waals surface area contributed by atoms with E-state index in [9.17, 15) is 5.11 Å². The number of hydrogen-bond donors (Lipinski definition) is 1. The van der Waals surface area contributed by atoms with Crippen molar-refractivity contribution < 1.29 is 5.11 Å². The van der Waals surface area contributed by atoms with Crippen molar-refractivity contribution in [2.75, 3.05) is 13.6 Å². The molecule has 2 nitrogen and oxygen atoms in total. The second kappa shape index (κ2) is 7.12. The van der Waals surface area contributed by atoms with Crippen molar-refractivity contribution in [3.8, 4) is 5.75 Å². The van der Waals surface area contributed by atoms with Gasteiger partial charge in [0.05, 0.1) is 0 Å². The molecule has 0 aromatic heterocycles. The van der Waals surface area contributed by atoms with Crippen LogP contribution >= 0.6 is 0 Å². The Bertz CT molecular complexity index is 817. The average Bonchev–Trinajstić information content (AvgIpc) is 2.55. The molecule has 0 heterocycles. The number of benzene rings is 3. The molecule has 0 atom stereocenters. The summed E-state index contributed by atoms with van der Waals surface area (Å²) < 4.78 is 0. The average molecular weight is 303 g/mol. The molecule has 1 N–H and O–H groups in total. The number of phenols is 1. The first-order chi connectivity index (χ1) is 11.2. The lowest BCUT2D eigenvalue weighted by atomic mass is 10.0. The lowest BCUT2D eigenvalue weighted by Gasteiger charge is -2.16. The summed E-state index contributed by atoms with van der Waals surface area (Å²) >= 11 is 0. The van der Waals surface area contributed by atoms with Crippen molar-refractivity contribution in [2.24, 2.45) is 0 Å². The first kappa shape index (κ1) is 15.3. The zero-order valence-electron chi connectivity index (χ0n) is 13.3. The molecule has 0 aliphatic rings. The topological polar surface area (TPSA) is 23.5 Å². The van der Waals surface area contributed by atoms with Gasteiger partial charge in [-0.3, -0.25) is 4.90 Å². The maximum Gasteiger partial charge on any atom is 0.116 e. The van der Waals surface area contributed by atoms with E-state index in [2.05, 4.69) is 60.5 Å². The van der Waals surface area contributed by atoms with Crippen LogP contribution in [0.15, 0.2) is 72.8 Å². The summed E-state index contributed by atoms with van der Waals surface area (Å²) in [5.41, 5.74) is 2.36. The van der Waals surface area contributed by atoms with Crippen LogP contribution in [0.5, 0.6) is 5.75 Å². The van der Waals surface area contributed by atoms with Gasteiger partial charge in [0.25, 0.3) is 0 Å². The fraction of sp³-hybridized carbons (Fsp3) is 0.143. The molecule has 3 aromatic carbocycles. The SMILES string of the molecule is CN(CC=Cc1cccc(O)c1)Cc1cccc2ccccc12. The van der Waals surface area contributed by atoms with Crippen LogP contribution in [0.4, 0.5) is 0 Å². The normalized spacial score (nSPS) is 11.6. The molecule has 0 bridgehead atoms. The molecule has 0 spiro atoms. The van der Waals surface area contributed by atoms with E-state index in [1.165, 1.54) is 16.3 Å². The Kier molecular flexibility index (Phi) is 4.74. The highest BCUT2D eigenvalue weighted by Gasteiger charge is 2.03. The van der Waals surface area contributed by atoms with E-state index in [-0.39, 0.29) is 0 Å². The molecule has 23 heavy (non-hydrogen) atoms. The number of phenolic OH excluding ortho intramolecular Hbond substituents is 1. The van der Waals surface area contributed by atoms with E-state index in [0.29, 0.717) is 5.75 Å². The van der Waals surface area contributed by atoms with Crippen LogP contribution in [0, 0.1) is 0 Å². The first-order valence-corrected chi connectivity index (χ1v) is 7.83. The van der Waals surface area contributed by atoms with Crippen molar-refractivity contribution in [1.29, 1.82) is 0 Å². The highest BCUT2D eigenvalue weighted by Crippen LogP contribution is 2.19. The molecule has 0 saturated carbocycles. The van der Waals surface area contributed by atoms with Gasteiger partial charge in [-0.1, -0.05) is 66.7 Å². The fourth-order valence-corrected chi connectivity index (χ4v) is 2.78. The van der Waals surface area contributed by atoms with Crippen LogP contribution < -0.4 is 0 Å². The first-order valence-electron chi connectivity index (χ1n) is 7.83. The summed E-state index contributed by atoms with van der Waals surface area (Å²) in [6.45, 7) is 1.77. The van der Waals surface area contributed by atoms with Crippen LogP contribution in [0.3, 0.4) is 0 Å². The maximum atomic E-state index is 9.47. The molecule has 0 amide bonds. The molecule has 2 heteroatoms. The van der Waals surface area contributed by atoms with E-state index < -0.39 is 0 Å². The van der Waals surface area contributed by atoms with E-state index in [4.69, 9.17) is 0 Å². The maximum absolute atomic E-state index is 9.47. The van der Waals surface area contributed by atoms with E-state index in [1.54, 1.807) is 12.1 Å². The minimum absolute atomic E-state index is 0.302. The van der Waals surface area contributed by atoms with Gasteiger partial charge in [0.1, 0.15) is 5.75 Å². The predicted octanol–water partition coefficient (Wildman–Crippen LogP) is 4.69. The summed E-state index contributed by atoms with van der Waals surface area (Å²) in [4.78, 5) is 2.28. The zero-order chi connectivity index (χ0) is 16.1. The lowest BCUT2D eigenvalue weighted by molar-refractivity contribution is 0.365. The van der Waals surface area contributed by atoms with Crippen molar-refractivity contribution in [3.05, 3.63) is 83.9 Å². The number of likely N-dealkylation sites (N-methyl/N-ethyl adjacent to an activating group) is 1. The van der Waals surface area contributed by atoms with Crippen molar-refractivity contribution in [1.82, 2.24) is 4.90 Å². The van der Waals surface area contributed by atoms with Crippen LogP contribution in [0.2, 0.25) is 0 Å². The fourth-order valence-electron chi connectivity index (χ4n) is 2.78. The Morgan fingerprint density at radius 1 is 0.957 bits per heavy atom. The summed E-state index contributed by atoms with van der Waals surface area (Å²) in [6.07, 6.45) is 4.17. The third-order valence-corrected chi connectivity index (χ3v) is 3.92. The Morgan fingerprint density at radius 2 is 1.74 bits per heavy atom. The van der Waals surface area contributed by atoms with Gasteiger partial charge < -0.3 is 5.11 Å². The van der Waals surface area contributed by atoms with Gasteiger partial charge in [-0.25, -0.2) is 0 Å². The predicted molar refractivity (Wildman–Crippen MR) is 97.4 cm³/mol. The number of aromatic hydroxyl groups is 1. The largest absolute Gasteiger partial charge is 0.508 e. The third-order valence-electron chi connectivity index (χ3n) is 3.92. The molecular formula is C21H21NO. The minimum Gasteiger partial charge on any atom is -0.508 e. The summed E-state index contributed by atoms with van der Waals surface area (Å²) in [5, 5.41) is 12.1. The molecule has 3 rings (SSSR count). The standard InChI is InChI=1S/C21H21NO/c1-22(14-6-8-17-7-4-12-20(23)15-17)16-19-11-5-10-18-9-2-3-13-21(18)19/h2-13,15,23H,14,16H2,1H3. The minimum atomic E-state index is 0.302. The Labute approximate surface area is 137 Å². The van der Waals surface area contributed by atoms with E-state index >= 15 is 0 Å². The van der Waals surface area contributed by atoms with Gasteiger partial charge in [0, 0.05) is 13.1 Å². The molecular weight excluding hydrogens is 282 g/mol. The van der Waals surface area contributed by atoms with Gasteiger partial charge in [-0.05, 0) is 41.1 Å². The van der Waals surface area contributed by atoms with Crippen LogP contribution in [0.1, 0.15) is 11.1 Å². The van der Waals surface area contributed by atoms with E-state index in [1.807, 2.05) is 18.2 Å². The second-order valence-electron chi connectivity index (χ2n) is 5.83. The van der Waals surface area contributed by atoms with Crippen molar-refractivity contribution >= 4 is 16.8 Å². The third kappa shape index (κ3) is 3.99. The van der Waals surface area contributed by atoms with Gasteiger partial charge in [-0.2, -0.15) is 0 Å². The lowest BCUT2D eigenvalue weighted by Crippen LogP contribution is -2.17. The highest BCUT2D eigenvalue weighted by atomic mass is 16.3. The van der Waals surface area contributed by atoms with Gasteiger partial charge >= 0.3 is 0 Å². The molecule has 0 fully saturated rings. The summed E-state index contributed by atoms with van der Waals surface area (Å²) in [6, 6.07) is 22.3. The van der Waals surface area contributed by atoms with E-state index in [0.717, 1.165) is 18.7 Å². The molecule has 3 aromatic rings. The highest BCUT2D eigenvalue weighted by molar-refractivity contribution is 5.85. The van der Waals surface area contributed by atoms with Gasteiger partial charge in [0.2, 0.25) is 0 Å². The monoisotopic (exact) mass is 303 g/mol. The molecule has 116 valence electrons. The summed E-state index contributed by atoms with van der Waals surface area (Å²) in [5.74, 6) is 0.302. The number of rotatable bonds is 5. The van der Waals surface area contributed by atoms with Crippen molar-refractivity contribution in [3.63, 3.8) is 0 Å². The van der Waals surface area contributed by atoms with Crippen LogP contribution in [0.25, 0.3) is 16.8 Å². The van der Waals surface area contributed by atoms with Gasteiger partial charge in [-0.15, -0.1) is 0 Å². The second-order valence-corrected chi connectivity index (χ2v) is 5.83. The Hall–Kier alpha value is -2.58. The zero-order valence-corrected chi connectivity index (χ0v) is 13.3. The molecule has 0 aliphatic heterocycles. The van der Waals surface area contributed by atoms with Gasteiger partial charge in [0.15, 0.2) is 0 Å². The molecule has 0 radical (unpaired) electrons. The molecule has 0 saturated heterocycles. The number of nitrogens with zero attached hydrogens (tertiary/aromatic N) is 1. The quantitative estimate of drug-likeness (QED) is 0.739. The Balaban J connectivity index is 1.66. The Morgan fingerprint density at radius 3 is 2.61 bits per heavy atom. The molecule has 0 aliphatic carbocycles. The van der Waals surface area contributed by atoms with Crippen LogP contribution in [-0.4, -0.2) is 23.6 Å². The molecule has 0 unspecified atom stereocenters. The number of hydrogen-bond acceptors (Lipinski definition) is 2. The smallest absolute Gasteiger partial charge is 0.116 e.